The van der Waals surface area contributed by atoms with Gasteiger partial charge >= 0.3 is 5.97 Å². The molecule has 0 bridgehead atoms. The van der Waals surface area contributed by atoms with Crippen molar-refractivity contribution in [3.8, 4) is 5.75 Å². The third kappa shape index (κ3) is 4.84. The lowest BCUT2D eigenvalue weighted by Gasteiger charge is -2.36. The van der Waals surface area contributed by atoms with Crippen LogP contribution in [0.3, 0.4) is 0 Å². The van der Waals surface area contributed by atoms with Crippen LogP contribution in [0.25, 0.3) is 0 Å². The first-order valence-corrected chi connectivity index (χ1v) is 9.23. The molecule has 1 saturated heterocycles. The SMILES string of the molecule is COC(=O)COc1c(C)cc(CN2CCNCC2c2ccncc2)cc1C. The minimum atomic E-state index is -0.376. The summed E-state index contributed by atoms with van der Waals surface area (Å²) >= 11 is 0. The highest BCUT2D eigenvalue weighted by molar-refractivity contribution is 5.71. The van der Waals surface area contributed by atoms with Gasteiger partial charge in [-0.3, -0.25) is 9.88 Å². The fourth-order valence-electron chi connectivity index (χ4n) is 3.63. The molecule has 3 rings (SSSR count). The molecule has 0 aliphatic carbocycles. The zero-order valence-electron chi connectivity index (χ0n) is 16.2. The van der Waals surface area contributed by atoms with E-state index in [4.69, 9.17) is 4.74 Å². The van der Waals surface area contributed by atoms with Gasteiger partial charge in [-0.1, -0.05) is 12.1 Å². The van der Waals surface area contributed by atoms with Gasteiger partial charge in [0.2, 0.25) is 0 Å². The molecule has 0 radical (unpaired) electrons. The Morgan fingerprint density at radius 2 is 1.96 bits per heavy atom. The number of carbonyl (C=O) groups is 1. The summed E-state index contributed by atoms with van der Waals surface area (Å²) in [6.07, 6.45) is 3.70. The van der Waals surface area contributed by atoms with Crippen LogP contribution in [-0.2, 0) is 16.1 Å². The van der Waals surface area contributed by atoms with E-state index < -0.39 is 0 Å². The van der Waals surface area contributed by atoms with Crippen molar-refractivity contribution in [1.82, 2.24) is 15.2 Å². The fraction of sp³-hybridized carbons (Fsp3) is 0.429. The van der Waals surface area contributed by atoms with E-state index in [1.807, 2.05) is 26.2 Å². The molecular formula is C21H27N3O3. The van der Waals surface area contributed by atoms with Crippen LogP contribution < -0.4 is 10.1 Å². The molecule has 1 fully saturated rings. The van der Waals surface area contributed by atoms with Crippen LogP contribution in [0.1, 0.15) is 28.3 Å². The first kappa shape index (κ1) is 19.3. The van der Waals surface area contributed by atoms with E-state index in [1.54, 1.807) is 0 Å². The number of nitrogens with zero attached hydrogens (tertiary/aromatic N) is 2. The number of nitrogens with one attached hydrogen (secondary N) is 1. The monoisotopic (exact) mass is 369 g/mol. The van der Waals surface area contributed by atoms with Gasteiger partial charge in [0.25, 0.3) is 0 Å². The van der Waals surface area contributed by atoms with Crippen LogP contribution in [0, 0.1) is 13.8 Å². The molecule has 27 heavy (non-hydrogen) atoms. The first-order chi connectivity index (χ1) is 13.1. The van der Waals surface area contributed by atoms with Crippen LogP contribution in [0.15, 0.2) is 36.7 Å². The molecule has 1 unspecified atom stereocenters. The summed E-state index contributed by atoms with van der Waals surface area (Å²) < 4.78 is 10.3. The molecular weight excluding hydrogens is 342 g/mol. The van der Waals surface area contributed by atoms with Crippen LogP contribution in [0.2, 0.25) is 0 Å². The second-order valence-corrected chi connectivity index (χ2v) is 6.89. The van der Waals surface area contributed by atoms with Crippen molar-refractivity contribution in [2.75, 3.05) is 33.4 Å². The Morgan fingerprint density at radius 3 is 2.63 bits per heavy atom. The molecule has 1 atom stereocenters. The lowest BCUT2D eigenvalue weighted by Crippen LogP contribution is -2.45. The Morgan fingerprint density at radius 1 is 1.26 bits per heavy atom. The van der Waals surface area contributed by atoms with E-state index >= 15 is 0 Å². The number of piperazine rings is 1. The molecule has 2 aromatic rings. The lowest BCUT2D eigenvalue weighted by molar-refractivity contribution is -0.142. The van der Waals surface area contributed by atoms with Crippen molar-refractivity contribution < 1.29 is 14.3 Å². The smallest absolute Gasteiger partial charge is 0.343 e. The molecule has 2 heterocycles. The third-order valence-corrected chi connectivity index (χ3v) is 4.91. The quantitative estimate of drug-likeness (QED) is 0.789. The van der Waals surface area contributed by atoms with Gasteiger partial charge in [-0.15, -0.1) is 0 Å². The van der Waals surface area contributed by atoms with Gasteiger partial charge in [-0.2, -0.15) is 0 Å². The molecule has 1 aromatic carbocycles. The minimum Gasteiger partial charge on any atom is -0.481 e. The summed E-state index contributed by atoms with van der Waals surface area (Å²) in [6, 6.07) is 8.80. The number of rotatable bonds is 6. The maximum Gasteiger partial charge on any atom is 0.343 e. The van der Waals surface area contributed by atoms with Gasteiger partial charge in [0.1, 0.15) is 5.75 Å². The molecule has 6 heteroatoms. The zero-order valence-corrected chi connectivity index (χ0v) is 16.2. The molecule has 1 aromatic heterocycles. The van der Waals surface area contributed by atoms with Crippen molar-refractivity contribution >= 4 is 5.97 Å². The van der Waals surface area contributed by atoms with Crippen molar-refractivity contribution in [2.24, 2.45) is 0 Å². The number of ether oxygens (including phenoxy) is 2. The van der Waals surface area contributed by atoms with E-state index in [1.165, 1.54) is 18.2 Å². The van der Waals surface area contributed by atoms with Gasteiger partial charge in [0.05, 0.1) is 7.11 Å². The largest absolute Gasteiger partial charge is 0.481 e. The molecule has 1 aliphatic rings. The summed E-state index contributed by atoms with van der Waals surface area (Å²) in [7, 11) is 1.36. The van der Waals surface area contributed by atoms with E-state index in [0.717, 1.165) is 43.1 Å². The predicted molar refractivity (Wildman–Crippen MR) is 104 cm³/mol. The van der Waals surface area contributed by atoms with E-state index in [0.29, 0.717) is 6.04 Å². The van der Waals surface area contributed by atoms with Gasteiger partial charge < -0.3 is 14.8 Å². The summed E-state index contributed by atoms with van der Waals surface area (Å²) in [5.41, 5.74) is 4.59. The zero-order chi connectivity index (χ0) is 19.2. The second kappa shape index (κ2) is 8.97. The second-order valence-electron chi connectivity index (χ2n) is 6.89. The van der Waals surface area contributed by atoms with Gasteiger partial charge in [0, 0.05) is 44.6 Å². The number of hydrogen-bond donors (Lipinski definition) is 1. The minimum absolute atomic E-state index is 0.0700. The first-order valence-electron chi connectivity index (χ1n) is 9.23. The van der Waals surface area contributed by atoms with Crippen LogP contribution >= 0.6 is 0 Å². The van der Waals surface area contributed by atoms with Crippen LogP contribution in [0.4, 0.5) is 0 Å². The topological polar surface area (TPSA) is 63.7 Å². The number of aryl methyl sites for hydroxylation is 2. The Balaban J connectivity index is 1.75. The molecule has 0 spiro atoms. The predicted octanol–water partition coefficient (Wildman–Crippen LogP) is 2.40. The number of benzene rings is 1. The highest BCUT2D eigenvalue weighted by atomic mass is 16.6. The maximum atomic E-state index is 11.3. The number of pyridine rings is 1. The molecule has 1 N–H and O–H groups in total. The highest BCUT2D eigenvalue weighted by Gasteiger charge is 2.24. The number of esters is 1. The Labute approximate surface area is 160 Å². The summed E-state index contributed by atoms with van der Waals surface area (Å²) in [4.78, 5) is 18.0. The highest BCUT2D eigenvalue weighted by Crippen LogP contribution is 2.28. The molecule has 0 amide bonds. The molecule has 144 valence electrons. The maximum absolute atomic E-state index is 11.3. The summed E-state index contributed by atoms with van der Waals surface area (Å²) in [5.74, 6) is 0.383. The van der Waals surface area contributed by atoms with Gasteiger partial charge in [0.15, 0.2) is 6.61 Å². The Kier molecular flexibility index (Phi) is 6.42. The Bertz CT molecular complexity index is 756. The van der Waals surface area contributed by atoms with E-state index in [-0.39, 0.29) is 12.6 Å². The van der Waals surface area contributed by atoms with Crippen molar-refractivity contribution in [1.29, 1.82) is 0 Å². The molecule has 6 nitrogen and oxygen atoms in total. The number of carbonyl (C=O) groups excluding carboxylic acids is 1. The van der Waals surface area contributed by atoms with E-state index in [9.17, 15) is 4.79 Å². The summed E-state index contributed by atoms with van der Waals surface area (Å²) in [6.45, 7) is 7.74. The summed E-state index contributed by atoms with van der Waals surface area (Å²) in [5, 5.41) is 3.49. The Hall–Kier alpha value is -2.44. The normalized spacial score (nSPS) is 17.5. The average Bonchev–Trinajstić information content (AvgIpc) is 2.68. The van der Waals surface area contributed by atoms with Crippen LogP contribution in [0.5, 0.6) is 5.75 Å². The fourth-order valence-corrected chi connectivity index (χ4v) is 3.63. The molecule has 0 saturated carbocycles. The lowest BCUT2D eigenvalue weighted by atomic mass is 10.0. The third-order valence-electron chi connectivity index (χ3n) is 4.91. The van der Waals surface area contributed by atoms with Crippen molar-refractivity contribution in [3.05, 3.63) is 58.9 Å². The number of aromatic nitrogens is 1. The van der Waals surface area contributed by atoms with Gasteiger partial charge in [-0.05, 0) is 48.2 Å². The molecule has 1 aliphatic heterocycles. The van der Waals surface area contributed by atoms with Crippen LogP contribution in [-0.4, -0.2) is 49.2 Å². The number of hydrogen-bond acceptors (Lipinski definition) is 6. The van der Waals surface area contributed by atoms with Crippen molar-refractivity contribution in [2.45, 2.75) is 26.4 Å². The average molecular weight is 369 g/mol. The van der Waals surface area contributed by atoms with E-state index in [2.05, 4.69) is 44.2 Å². The number of methoxy groups -OCH3 is 1. The standard InChI is InChI=1S/C21H27N3O3/c1-15-10-17(11-16(2)21(15)27-14-20(25)26-3)13-24-9-8-23-12-19(24)18-4-6-22-7-5-18/h4-7,10-11,19,23H,8-9,12-14H2,1-3H3. The van der Waals surface area contributed by atoms with Gasteiger partial charge in [-0.25, -0.2) is 4.79 Å². The van der Waals surface area contributed by atoms with Crippen molar-refractivity contribution in [3.63, 3.8) is 0 Å².